The van der Waals surface area contributed by atoms with Gasteiger partial charge in [-0.15, -0.1) is 22.7 Å². The summed E-state index contributed by atoms with van der Waals surface area (Å²) in [6.07, 6.45) is 0.883. The minimum absolute atomic E-state index is 0.0708. The van der Waals surface area contributed by atoms with Crippen LogP contribution in [0.1, 0.15) is 9.67 Å². The SMILES string of the molecule is C=CCOC(=O)Nc1sc2ccc3ccccc3c2c1-c1c(C(=O)O)sc2ccc3ccccc3c12. The second kappa shape index (κ2) is 8.78. The Bertz CT molecular complexity index is 1850. The van der Waals surface area contributed by atoms with E-state index in [0.29, 0.717) is 16.1 Å². The second-order valence-corrected chi connectivity index (χ2v) is 10.4. The van der Waals surface area contributed by atoms with Crippen molar-refractivity contribution in [2.75, 3.05) is 11.9 Å². The molecule has 2 heterocycles. The van der Waals surface area contributed by atoms with Gasteiger partial charge in [0.25, 0.3) is 0 Å². The number of carboxylic acid groups (broad SMARTS) is 1. The summed E-state index contributed by atoms with van der Waals surface area (Å²) in [4.78, 5) is 25.5. The zero-order valence-electron chi connectivity index (χ0n) is 18.9. The molecule has 0 spiro atoms. The molecule has 1 amide bonds. The van der Waals surface area contributed by atoms with Gasteiger partial charge in [-0.25, -0.2) is 9.59 Å². The summed E-state index contributed by atoms with van der Waals surface area (Å²) in [6.45, 7) is 3.67. The highest BCUT2D eigenvalue weighted by Crippen LogP contribution is 2.52. The van der Waals surface area contributed by atoms with Gasteiger partial charge in [-0.2, -0.15) is 0 Å². The number of nitrogens with one attached hydrogen (secondary N) is 1. The van der Waals surface area contributed by atoms with Gasteiger partial charge in [0.2, 0.25) is 0 Å². The van der Waals surface area contributed by atoms with Crippen molar-refractivity contribution >= 4 is 81.5 Å². The van der Waals surface area contributed by atoms with Crippen LogP contribution in [-0.4, -0.2) is 23.8 Å². The molecule has 2 N–H and O–H groups in total. The van der Waals surface area contributed by atoms with Crippen LogP contribution < -0.4 is 5.32 Å². The van der Waals surface area contributed by atoms with Crippen LogP contribution in [0.2, 0.25) is 0 Å². The molecule has 176 valence electrons. The van der Waals surface area contributed by atoms with E-state index in [4.69, 9.17) is 4.74 Å². The average molecular weight is 510 g/mol. The standard InChI is InChI=1S/C29H19NO4S2/c1-2-15-34-29(33)30-27-25(23-19-10-6-4-8-17(19)12-14-21(23)36-27)24-22-18-9-5-3-7-16(18)11-13-20(22)35-26(24)28(31)32/h2-14H,1,15H2,(H,30,33)(H,31,32). The van der Waals surface area contributed by atoms with Crippen molar-refractivity contribution in [3.63, 3.8) is 0 Å². The van der Waals surface area contributed by atoms with E-state index in [1.54, 1.807) is 0 Å². The molecule has 2 aromatic heterocycles. The number of hydrogen-bond donors (Lipinski definition) is 2. The van der Waals surface area contributed by atoms with E-state index >= 15 is 0 Å². The summed E-state index contributed by atoms with van der Waals surface area (Å²) in [5.41, 5.74) is 1.31. The van der Waals surface area contributed by atoms with Crippen molar-refractivity contribution in [3.05, 3.63) is 90.3 Å². The minimum atomic E-state index is -1.00. The molecule has 7 heteroatoms. The summed E-state index contributed by atoms with van der Waals surface area (Å²) < 4.78 is 7.03. The molecule has 0 aliphatic rings. The van der Waals surface area contributed by atoms with Crippen molar-refractivity contribution in [1.82, 2.24) is 0 Å². The number of amides is 1. The van der Waals surface area contributed by atoms with Gasteiger partial charge in [-0.3, -0.25) is 5.32 Å². The second-order valence-electron chi connectivity index (χ2n) is 8.25. The zero-order chi connectivity index (χ0) is 24.8. The lowest BCUT2D eigenvalue weighted by Gasteiger charge is -2.10. The van der Waals surface area contributed by atoms with E-state index in [-0.39, 0.29) is 11.5 Å². The van der Waals surface area contributed by atoms with E-state index in [9.17, 15) is 14.7 Å². The van der Waals surface area contributed by atoms with Gasteiger partial charge in [-0.05, 0) is 33.7 Å². The van der Waals surface area contributed by atoms with Crippen LogP contribution >= 0.6 is 22.7 Å². The van der Waals surface area contributed by atoms with Gasteiger partial charge in [0.05, 0.1) is 0 Å². The Balaban J connectivity index is 1.77. The van der Waals surface area contributed by atoms with Crippen LogP contribution in [0.5, 0.6) is 0 Å². The molecule has 6 aromatic rings. The molecule has 36 heavy (non-hydrogen) atoms. The summed E-state index contributed by atoms with van der Waals surface area (Å²) in [5.74, 6) is -1.00. The van der Waals surface area contributed by atoms with Crippen molar-refractivity contribution in [2.45, 2.75) is 0 Å². The number of aromatic carboxylic acids is 1. The third-order valence-electron chi connectivity index (χ3n) is 6.15. The number of carbonyl (C=O) groups is 2. The van der Waals surface area contributed by atoms with Gasteiger partial charge in [0.15, 0.2) is 0 Å². The van der Waals surface area contributed by atoms with Crippen molar-refractivity contribution in [3.8, 4) is 11.1 Å². The maximum absolute atomic E-state index is 12.6. The summed E-state index contributed by atoms with van der Waals surface area (Å²) in [7, 11) is 0. The van der Waals surface area contributed by atoms with Crippen molar-refractivity contribution in [1.29, 1.82) is 0 Å². The number of rotatable bonds is 5. The molecule has 0 fully saturated rings. The molecule has 6 rings (SSSR count). The summed E-state index contributed by atoms with van der Waals surface area (Å²) >= 11 is 2.66. The fourth-order valence-corrected chi connectivity index (χ4v) is 6.89. The number of carbonyl (C=O) groups excluding carboxylic acids is 1. The fourth-order valence-electron chi connectivity index (χ4n) is 4.72. The predicted octanol–water partition coefficient (Wildman–Crippen LogP) is 8.52. The smallest absolute Gasteiger partial charge is 0.412 e. The molecule has 0 bridgehead atoms. The van der Waals surface area contributed by atoms with Crippen LogP contribution in [0.3, 0.4) is 0 Å². The first-order valence-electron chi connectivity index (χ1n) is 11.2. The molecule has 0 aliphatic carbocycles. The van der Waals surface area contributed by atoms with Gasteiger partial charge in [0, 0.05) is 31.3 Å². The number of ether oxygens (including phenoxy) is 1. The Morgan fingerprint density at radius 2 is 1.42 bits per heavy atom. The molecular formula is C29H19NO4S2. The monoisotopic (exact) mass is 509 g/mol. The molecule has 0 unspecified atom stereocenters. The molecule has 0 atom stereocenters. The van der Waals surface area contributed by atoms with Crippen LogP contribution in [0, 0.1) is 0 Å². The molecule has 0 radical (unpaired) electrons. The first-order valence-corrected chi connectivity index (χ1v) is 12.9. The van der Waals surface area contributed by atoms with E-state index < -0.39 is 12.1 Å². The van der Waals surface area contributed by atoms with E-state index in [0.717, 1.165) is 41.7 Å². The van der Waals surface area contributed by atoms with Crippen molar-refractivity contribution in [2.24, 2.45) is 0 Å². The van der Waals surface area contributed by atoms with Gasteiger partial charge in [-0.1, -0.05) is 73.3 Å². The maximum Gasteiger partial charge on any atom is 0.412 e. The van der Waals surface area contributed by atoms with Gasteiger partial charge in [0.1, 0.15) is 16.5 Å². The number of hydrogen-bond acceptors (Lipinski definition) is 5. The van der Waals surface area contributed by atoms with Crippen LogP contribution in [0.15, 0.2) is 85.5 Å². The van der Waals surface area contributed by atoms with Crippen molar-refractivity contribution < 1.29 is 19.4 Å². The molecule has 4 aromatic carbocycles. The highest BCUT2D eigenvalue weighted by molar-refractivity contribution is 7.24. The lowest BCUT2D eigenvalue weighted by atomic mass is 9.94. The third kappa shape index (κ3) is 3.52. The topological polar surface area (TPSA) is 75.6 Å². The summed E-state index contributed by atoms with van der Waals surface area (Å²) in [5, 5.41) is 19.5. The maximum atomic E-state index is 12.6. The number of thiophene rings is 2. The third-order valence-corrected chi connectivity index (χ3v) is 8.37. The molecule has 5 nitrogen and oxygen atoms in total. The normalized spacial score (nSPS) is 11.3. The van der Waals surface area contributed by atoms with Gasteiger partial charge < -0.3 is 9.84 Å². The Morgan fingerprint density at radius 1 is 0.833 bits per heavy atom. The summed E-state index contributed by atoms with van der Waals surface area (Å²) in [6, 6.07) is 24.0. The Labute approximate surface area is 213 Å². The quantitative estimate of drug-likeness (QED) is 0.228. The molecule has 0 saturated carbocycles. The molecule has 0 saturated heterocycles. The number of anilines is 1. The number of benzene rings is 4. The Kier molecular flexibility index (Phi) is 5.44. The van der Waals surface area contributed by atoms with E-state index in [1.807, 2.05) is 72.8 Å². The Morgan fingerprint density at radius 3 is 2.03 bits per heavy atom. The lowest BCUT2D eigenvalue weighted by molar-refractivity contribution is 0.0703. The minimum Gasteiger partial charge on any atom is -0.477 e. The number of fused-ring (bicyclic) bond motifs is 6. The van der Waals surface area contributed by atoms with E-state index in [1.165, 1.54) is 28.7 Å². The zero-order valence-corrected chi connectivity index (χ0v) is 20.5. The number of carboxylic acids is 1. The fraction of sp³-hybridized carbons (Fsp3) is 0.0345. The lowest BCUT2D eigenvalue weighted by Crippen LogP contribution is -2.13. The first-order chi connectivity index (χ1) is 17.6. The molecule has 0 aliphatic heterocycles. The van der Waals surface area contributed by atoms with Crippen LogP contribution in [-0.2, 0) is 4.74 Å². The largest absolute Gasteiger partial charge is 0.477 e. The van der Waals surface area contributed by atoms with Crippen LogP contribution in [0.25, 0.3) is 52.8 Å². The predicted molar refractivity (Wildman–Crippen MR) is 150 cm³/mol. The highest BCUT2D eigenvalue weighted by atomic mass is 32.1. The van der Waals surface area contributed by atoms with E-state index in [2.05, 4.69) is 11.9 Å². The average Bonchev–Trinajstić information content (AvgIpc) is 3.45. The van der Waals surface area contributed by atoms with Crippen LogP contribution in [0.4, 0.5) is 9.80 Å². The highest BCUT2D eigenvalue weighted by Gasteiger charge is 2.27. The Hall–Kier alpha value is -4.20. The molecular weight excluding hydrogens is 490 g/mol. The van der Waals surface area contributed by atoms with Gasteiger partial charge >= 0.3 is 12.1 Å². The first kappa shape index (κ1) is 22.3.